The zero-order valence-electron chi connectivity index (χ0n) is 15.3. The second-order valence-corrected chi connectivity index (χ2v) is 7.66. The molecule has 3 aromatic rings. The molecule has 0 unspecified atom stereocenters. The van der Waals surface area contributed by atoms with E-state index in [2.05, 4.69) is 10.5 Å². The molecular weight excluding hydrogens is 410 g/mol. The molecule has 29 heavy (non-hydrogen) atoms. The van der Waals surface area contributed by atoms with Crippen molar-refractivity contribution in [3.05, 3.63) is 98.6 Å². The highest BCUT2D eigenvalue weighted by atomic mass is 35.5. The fourth-order valence-electron chi connectivity index (χ4n) is 2.44. The summed E-state index contributed by atoms with van der Waals surface area (Å²) in [7, 11) is 0. The van der Waals surface area contributed by atoms with Crippen LogP contribution in [0.25, 0.3) is 0 Å². The molecule has 0 aliphatic rings. The van der Waals surface area contributed by atoms with E-state index in [1.165, 1.54) is 30.1 Å². The van der Waals surface area contributed by atoms with Crippen molar-refractivity contribution in [1.29, 1.82) is 0 Å². The van der Waals surface area contributed by atoms with Gasteiger partial charge in [-0.25, -0.2) is 5.43 Å². The average molecular weight is 426 g/mol. The first-order valence-corrected chi connectivity index (χ1v) is 9.74. The quantitative estimate of drug-likeness (QED) is 0.322. The lowest BCUT2D eigenvalue weighted by Gasteiger charge is -2.05. The monoisotopic (exact) mass is 425 g/mol. The normalized spacial score (nSPS) is 10.8. The van der Waals surface area contributed by atoms with Gasteiger partial charge in [-0.3, -0.25) is 14.9 Å². The lowest BCUT2D eigenvalue weighted by molar-refractivity contribution is -0.387. The molecule has 0 fully saturated rings. The summed E-state index contributed by atoms with van der Waals surface area (Å²) < 4.78 is 0. The minimum Gasteiger partial charge on any atom is -0.267 e. The molecule has 0 saturated heterocycles. The zero-order chi connectivity index (χ0) is 20.8. The van der Waals surface area contributed by atoms with Gasteiger partial charge in [-0.05, 0) is 43.3 Å². The van der Waals surface area contributed by atoms with E-state index < -0.39 is 10.8 Å². The van der Waals surface area contributed by atoms with E-state index in [4.69, 9.17) is 11.6 Å². The third-order valence-electron chi connectivity index (χ3n) is 3.90. The number of nitrogens with zero attached hydrogens (tertiary/aromatic N) is 2. The Kier molecular flexibility index (Phi) is 6.64. The van der Waals surface area contributed by atoms with Crippen LogP contribution in [0.15, 0.2) is 81.6 Å². The first-order chi connectivity index (χ1) is 13.9. The molecule has 1 amide bonds. The van der Waals surface area contributed by atoms with Crippen molar-refractivity contribution < 1.29 is 9.72 Å². The maximum absolute atomic E-state index is 12.0. The van der Waals surface area contributed by atoms with Crippen molar-refractivity contribution in [2.24, 2.45) is 5.10 Å². The van der Waals surface area contributed by atoms with Crippen LogP contribution in [-0.4, -0.2) is 17.0 Å². The molecule has 8 heteroatoms. The number of carbonyl (C=O) groups excluding carboxylic acids is 1. The topological polar surface area (TPSA) is 84.6 Å². The summed E-state index contributed by atoms with van der Waals surface area (Å²) in [6.07, 6.45) is 1.36. The van der Waals surface area contributed by atoms with Gasteiger partial charge < -0.3 is 0 Å². The molecule has 3 rings (SSSR count). The molecule has 1 N–H and O–H groups in total. The van der Waals surface area contributed by atoms with E-state index in [0.29, 0.717) is 21.0 Å². The van der Waals surface area contributed by atoms with Gasteiger partial charge in [0.05, 0.1) is 16.0 Å². The van der Waals surface area contributed by atoms with Gasteiger partial charge >= 0.3 is 0 Å². The molecule has 0 spiro atoms. The number of halogens is 1. The first kappa shape index (κ1) is 20.6. The Labute approximate surface area is 176 Å². The number of carbonyl (C=O) groups is 1. The van der Waals surface area contributed by atoms with Gasteiger partial charge in [0, 0.05) is 27.1 Å². The Bertz CT molecular complexity index is 1080. The van der Waals surface area contributed by atoms with E-state index in [0.717, 1.165) is 10.5 Å². The average Bonchev–Trinajstić information content (AvgIpc) is 2.70. The Morgan fingerprint density at radius 1 is 1.14 bits per heavy atom. The molecule has 0 atom stereocenters. The fraction of sp³-hybridized carbons (Fsp3) is 0.0476. The van der Waals surface area contributed by atoms with Gasteiger partial charge in [0.1, 0.15) is 0 Å². The third-order valence-corrected chi connectivity index (χ3v) is 5.20. The molecule has 3 aromatic carbocycles. The Hall–Kier alpha value is -3.16. The second kappa shape index (κ2) is 9.36. The Morgan fingerprint density at radius 2 is 1.90 bits per heavy atom. The minimum atomic E-state index is -0.432. The predicted molar refractivity (Wildman–Crippen MR) is 115 cm³/mol. The number of rotatable bonds is 6. The zero-order valence-corrected chi connectivity index (χ0v) is 16.9. The largest absolute Gasteiger partial charge is 0.283 e. The molecular formula is C21H16ClN3O3S. The SMILES string of the molecule is Cc1ccc(Sc2ccc(C=NNC(=O)c3cccc(Cl)c3)cc2[N+](=O)[O-])cc1. The number of aryl methyl sites for hydroxylation is 1. The van der Waals surface area contributed by atoms with Crippen molar-refractivity contribution in [2.75, 3.05) is 0 Å². The van der Waals surface area contributed by atoms with Crippen LogP contribution in [0.5, 0.6) is 0 Å². The third kappa shape index (κ3) is 5.66. The molecule has 0 aromatic heterocycles. The van der Waals surface area contributed by atoms with E-state index >= 15 is 0 Å². The van der Waals surface area contributed by atoms with Gasteiger partial charge in [0.2, 0.25) is 0 Å². The second-order valence-electron chi connectivity index (χ2n) is 6.11. The summed E-state index contributed by atoms with van der Waals surface area (Å²) in [6, 6.07) is 19.0. The summed E-state index contributed by atoms with van der Waals surface area (Å²) in [6.45, 7) is 1.98. The number of amides is 1. The molecule has 0 heterocycles. The summed E-state index contributed by atoms with van der Waals surface area (Å²) in [5.74, 6) is -0.426. The molecule has 0 saturated carbocycles. The number of nitrogens with one attached hydrogen (secondary N) is 1. The van der Waals surface area contributed by atoms with Gasteiger partial charge in [-0.15, -0.1) is 0 Å². The molecule has 0 bridgehead atoms. The van der Waals surface area contributed by atoms with Gasteiger partial charge in [0.15, 0.2) is 0 Å². The van der Waals surface area contributed by atoms with Crippen molar-refractivity contribution in [1.82, 2.24) is 5.43 Å². The number of hydrazone groups is 1. The number of hydrogen-bond donors (Lipinski definition) is 1. The summed E-state index contributed by atoms with van der Waals surface area (Å²) in [5.41, 5.74) is 4.34. The van der Waals surface area contributed by atoms with Crippen LogP contribution in [0.4, 0.5) is 5.69 Å². The van der Waals surface area contributed by atoms with Crippen LogP contribution in [0.2, 0.25) is 5.02 Å². The Morgan fingerprint density at radius 3 is 2.59 bits per heavy atom. The van der Waals surface area contributed by atoms with Crippen LogP contribution >= 0.6 is 23.4 Å². The van der Waals surface area contributed by atoms with Gasteiger partial charge in [-0.2, -0.15) is 5.10 Å². The van der Waals surface area contributed by atoms with Crippen molar-refractivity contribution in [3.8, 4) is 0 Å². The van der Waals surface area contributed by atoms with Crippen LogP contribution in [0.1, 0.15) is 21.5 Å². The van der Waals surface area contributed by atoms with Crippen LogP contribution in [0, 0.1) is 17.0 Å². The van der Waals surface area contributed by atoms with Crippen LogP contribution < -0.4 is 5.43 Å². The molecule has 0 aliphatic carbocycles. The predicted octanol–water partition coefficient (Wildman–Crippen LogP) is 5.47. The highest BCUT2D eigenvalue weighted by Crippen LogP contribution is 2.35. The van der Waals surface area contributed by atoms with Crippen LogP contribution in [-0.2, 0) is 0 Å². The van der Waals surface area contributed by atoms with E-state index in [-0.39, 0.29) is 5.69 Å². The van der Waals surface area contributed by atoms with Gasteiger partial charge in [0.25, 0.3) is 11.6 Å². The number of nitro groups is 1. The summed E-state index contributed by atoms with van der Waals surface area (Å²) in [5, 5.41) is 15.8. The first-order valence-electron chi connectivity index (χ1n) is 8.54. The lowest BCUT2D eigenvalue weighted by atomic mass is 10.2. The highest BCUT2D eigenvalue weighted by molar-refractivity contribution is 7.99. The Balaban J connectivity index is 1.74. The lowest BCUT2D eigenvalue weighted by Crippen LogP contribution is -2.17. The van der Waals surface area contributed by atoms with E-state index in [1.54, 1.807) is 30.3 Å². The molecule has 0 aliphatic heterocycles. The van der Waals surface area contributed by atoms with Crippen molar-refractivity contribution >= 4 is 41.2 Å². The molecule has 0 radical (unpaired) electrons. The standard InChI is InChI=1S/C21H16ClN3O3S/c1-14-5-8-18(9-6-14)29-20-10-7-15(11-19(20)25(27)28)13-23-24-21(26)16-3-2-4-17(22)12-16/h2-13H,1H3,(H,24,26). The fourth-order valence-corrected chi connectivity index (χ4v) is 3.53. The number of hydrogen-bond acceptors (Lipinski definition) is 5. The summed E-state index contributed by atoms with van der Waals surface area (Å²) >= 11 is 7.18. The van der Waals surface area contributed by atoms with E-state index in [9.17, 15) is 14.9 Å². The maximum Gasteiger partial charge on any atom is 0.283 e. The van der Waals surface area contributed by atoms with Crippen molar-refractivity contribution in [3.63, 3.8) is 0 Å². The van der Waals surface area contributed by atoms with Crippen molar-refractivity contribution in [2.45, 2.75) is 16.7 Å². The highest BCUT2D eigenvalue weighted by Gasteiger charge is 2.15. The number of benzene rings is 3. The van der Waals surface area contributed by atoms with Gasteiger partial charge in [-0.1, -0.05) is 53.2 Å². The number of nitro benzene ring substituents is 1. The molecule has 6 nitrogen and oxygen atoms in total. The van der Waals surface area contributed by atoms with Crippen LogP contribution in [0.3, 0.4) is 0 Å². The minimum absolute atomic E-state index is 0.0271. The van der Waals surface area contributed by atoms with E-state index in [1.807, 2.05) is 31.2 Å². The summed E-state index contributed by atoms with van der Waals surface area (Å²) in [4.78, 5) is 24.5. The molecule has 146 valence electrons. The maximum atomic E-state index is 12.0. The smallest absolute Gasteiger partial charge is 0.267 e.